The molecule has 0 amide bonds. The highest BCUT2D eigenvalue weighted by molar-refractivity contribution is 7.13. The Hall–Kier alpha value is -3.75. The fraction of sp³-hybridized carbons (Fsp3) is 0.154. The number of aliphatic carboxylic acids is 1. The number of para-hydroxylation sites is 1. The summed E-state index contributed by atoms with van der Waals surface area (Å²) in [6.07, 6.45) is 0. The van der Waals surface area contributed by atoms with Crippen LogP contribution in [-0.4, -0.2) is 24.6 Å². The molecule has 1 N–H and O–H groups in total. The Balaban J connectivity index is 1.78. The number of carboxylic acid groups (broad SMARTS) is 1. The van der Waals surface area contributed by atoms with Crippen LogP contribution in [0.2, 0.25) is 5.02 Å². The van der Waals surface area contributed by atoms with Gasteiger partial charge in [-0.15, -0.1) is 0 Å². The molecule has 5 rings (SSSR count). The van der Waals surface area contributed by atoms with Crippen LogP contribution in [0.1, 0.15) is 28.4 Å². The zero-order valence-electron chi connectivity index (χ0n) is 18.9. The molecule has 1 atom stereocenters. The molecule has 0 aliphatic carbocycles. The minimum Gasteiger partial charge on any atom is -0.479 e. The van der Waals surface area contributed by atoms with Gasteiger partial charge in [0, 0.05) is 10.4 Å². The van der Waals surface area contributed by atoms with Gasteiger partial charge < -0.3 is 5.11 Å². The van der Waals surface area contributed by atoms with E-state index >= 15 is 0 Å². The smallest absolute Gasteiger partial charge is 0.332 e. The van der Waals surface area contributed by atoms with E-state index in [1.54, 1.807) is 24.3 Å². The molecular formula is C26H20ClN3O4S. The van der Waals surface area contributed by atoms with Crippen LogP contribution in [0.3, 0.4) is 0 Å². The number of fused-ring (bicyclic) bond motifs is 2. The lowest BCUT2D eigenvalue weighted by Crippen LogP contribution is -2.45. The third-order valence-electron chi connectivity index (χ3n) is 6.05. The van der Waals surface area contributed by atoms with Crippen molar-refractivity contribution in [2.45, 2.75) is 26.4 Å². The lowest BCUT2D eigenvalue weighted by Gasteiger charge is -2.19. The average molecular weight is 506 g/mol. The summed E-state index contributed by atoms with van der Waals surface area (Å²) >= 11 is 7.32. The predicted molar refractivity (Wildman–Crippen MR) is 138 cm³/mol. The molecule has 5 aromatic rings. The average Bonchev–Trinajstić information content (AvgIpc) is 3.22. The van der Waals surface area contributed by atoms with E-state index in [0.29, 0.717) is 16.2 Å². The number of aromatic nitrogens is 3. The minimum absolute atomic E-state index is 0.0937. The van der Waals surface area contributed by atoms with Gasteiger partial charge in [0.25, 0.3) is 5.56 Å². The molecule has 0 aliphatic heterocycles. The summed E-state index contributed by atoms with van der Waals surface area (Å²) in [5, 5.41) is 11.7. The van der Waals surface area contributed by atoms with Gasteiger partial charge in [0.1, 0.15) is 0 Å². The Kier molecular flexibility index (Phi) is 5.78. The first-order valence-electron chi connectivity index (χ1n) is 10.8. The number of hydrogen-bond acceptors (Lipinski definition) is 5. The highest BCUT2D eigenvalue weighted by Crippen LogP contribution is 2.28. The van der Waals surface area contributed by atoms with Gasteiger partial charge in [-0.2, -0.15) is 4.37 Å². The first-order valence-corrected chi connectivity index (χ1v) is 12.0. The van der Waals surface area contributed by atoms with E-state index in [-0.39, 0.29) is 17.5 Å². The van der Waals surface area contributed by atoms with Crippen molar-refractivity contribution in [2.24, 2.45) is 0 Å². The summed E-state index contributed by atoms with van der Waals surface area (Å²) in [5.74, 6) is -1.32. The highest BCUT2D eigenvalue weighted by atomic mass is 35.5. The van der Waals surface area contributed by atoms with Gasteiger partial charge in [-0.1, -0.05) is 41.9 Å². The zero-order chi connectivity index (χ0) is 24.9. The van der Waals surface area contributed by atoms with Crippen molar-refractivity contribution >= 4 is 50.1 Å². The van der Waals surface area contributed by atoms with Crippen molar-refractivity contribution in [1.29, 1.82) is 0 Å². The third kappa shape index (κ3) is 3.94. The Labute approximate surface area is 208 Å². The van der Waals surface area contributed by atoms with Crippen molar-refractivity contribution in [1.82, 2.24) is 13.5 Å². The molecule has 9 heteroatoms. The normalized spacial score (nSPS) is 12.3. The van der Waals surface area contributed by atoms with E-state index in [9.17, 15) is 19.5 Å². The molecule has 3 aromatic carbocycles. The zero-order valence-corrected chi connectivity index (χ0v) is 20.4. The van der Waals surface area contributed by atoms with Gasteiger partial charge in [-0.3, -0.25) is 9.36 Å². The number of benzene rings is 3. The molecule has 2 heterocycles. The number of carbonyl (C=O) groups is 1. The maximum Gasteiger partial charge on any atom is 0.332 e. The largest absolute Gasteiger partial charge is 0.479 e. The SMILES string of the molecule is Cc1cc(C)c2c(Cn3c(=O)n([C@H](C(=O)O)c4ccc(Cl)cc4)c(=O)c4ccccc43)nsc2c1. The summed E-state index contributed by atoms with van der Waals surface area (Å²) in [6, 6.07) is 15.4. The van der Waals surface area contributed by atoms with Crippen molar-refractivity contribution in [3.63, 3.8) is 0 Å². The molecule has 0 aliphatic rings. The summed E-state index contributed by atoms with van der Waals surface area (Å²) in [6.45, 7) is 4.11. The third-order valence-corrected chi connectivity index (χ3v) is 7.14. The molecule has 0 fully saturated rings. The standard InChI is InChI=1S/C26H20ClN3O4S/c1-14-11-15(2)22-19(28-35-21(22)12-14)13-29-20-6-4-3-5-18(20)24(31)30(26(29)34)23(25(32)33)16-7-9-17(27)10-8-16/h3-12,23H,13H2,1-2H3,(H,32,33)/t23-/m0/s1. The van der Waals surface area contributed by atoms with Gasteiger partial charge in [-0.25, -0.2) is 14.2 Å². The van der Waals surface area contributed by atoms with Crippen LogP contribution in [-0.2, 0) is 11.3 Å². The topological polar surface area (TPSA) is 94.2 Å². The van der Waals surface area contributed by atoms with Crippen LogP contribution < -0.4 is 11.2 Å². The molecule has 0 saturated carbocycles. The fourth-order valence-corrected chi connectivity index (χ4v) is 5.64. The molecule has 176 valence electrons. The monoisotopic (exact) mass is 505 g/mol. The van der Waals surface area contributed by atoms with Crippen LogP contribution in [0, 0.1) is 13.8 Å². The number of nitrogens with zero attached hydrogens (tertiary/aromatic N) is 3. The summed E-state index contributed by atoms with van der Waals surface area (Å²) in [4.78, 5) is 39.6. The maximum atomic E-state index is 13.8. The number of hydrogen-bond donors (Lipinski definition) is 1. The summed E-state index contributed by atoms with van der Waals surface area (Å²) in [7, 11) is 0. The van der Waals surface area contributed by atoms with Crippen LogP contribution in [0.4, 0.5) is 0 Å². The molecule has 35 heavy (non-hydrogen) atoms. The first-order chi connectivity index (χ1) is 16.8. The van der Waals surface area contributed by atoms with Gasteiger partial charge in [-0.05, 0) is 72.4 Å². The molecule has 7 nitrogen and oxygen atoms in total. The number of rotatable bonds is 5. The van der Waals surface area contributed by atoms with Crippen molar-refractivity contribution in [3.8, 4) is 0 Å². The second-order valence-electron chi connectivity index (χ2n) is 8.44. The number of aryl methyl sites for hydroxylation is 2. The Morgan fingerprint density at radius 2 is 1.80 bits per heavy atom. The van der Waals surface area contributed by atoms with E-state index in [4.69, 9.17) is 11.6 Å². The predicted octanol–water partition coefficient (Wildman–Crippen LogP) is 4.77. The fourth-order valence-electron chi connectivity index (χ4n) is 4.55. The molecule has 0 bridgehead atoms. The van der Waals surface area contributed by atoms with E-state index in [0.717, 1.165) is 25.8 Å². The Morgan fingerprint density at radius 1 is 1.09 bits per heavy atom. The van der Waals surface area contributed by atoms with Crippen LogP contribution in [0.5, 0.6) is 0 Å². The summed E-state index contributed by atoms with van der Waals surface area (Å²) in [5.41, 5.74) is 2.16. The van der Waals surface area contributed by atoms with Crippen LogP contribution in [0.25, 0.3) is 21.0 Å². The van der Waals surface area contributed by atoms with Crippen molar-refractivity contribution < 1.29 is 9.90 Å². The van der Waals surface area contributed by atoms with Gasteiger partial charge in [0.05, 0.1) is 27.8 Å². The van der Waals surface area contributed by atoms with Gasteiger partial charge in [0.15, 0.2) is 6.04 Å². The molecule has 0 radical (unpaired) electrons. The molecular weight excluding hydrogens is 486 g/mol. The van der Waals surface area contributed by atoms with Gasteiger partial charge >= 0.3 is 11.7 Å². The quantitative estimate of drug-likeness (QED) is 0.371. The summed E-state index contributed by atoms with van der Waals surface area (Å²) < 4.78 is 7.84. The molecule has 0 unspecified atom stereocenters. The Bertz CT molecular complexity index is 1730. The lowest BCUT2D eigenvalue weighted by atomic mass is 10.1. The van der Waals surface area contributed by atoms with E-state index in [1.807, 2.05) is 19.9 Å². The number of carboxylic acids is 1. The molecule has 2 aromatic heterocycles. The van der Waals surface area contributed by atoms with E-state index < -0.39 is 23.3 Å². The van der Waals surface area contributed by atoms with Crippen LogP contribution in [0.15, 0.2) is 70.3 Å². The maximum absolute atomic E-state index is 13.8. The van der Waals surface area contributed by atoms with Crippen LogP contribution >= 0.6 is 23.1 Å². The van der Waals surface area contributed by atoms with Crippen molar-refractivity contribution in [3.05, 3.63) is 109 Å². The Morgan fingerprint density at radius 3 is 2.51 bits per heavy atom. The highest BCUT2D eigenvalue weighted by Gasteiger charge is 2.28. The first kappa shape index (κ1) is 23.0. The molecule has 0 saturated heterocycles. The second-order valence-corrected chi connectivity index (χ2v) is 9.68. The second kappa shape index (κ2) is 8.79. The minimum atomic E-state index is -1.51. The molecule has 0 spiro atoms. The number of halogens is 1. The van der Waals surface area contributed by atoms with E-state index in [2.05, 4.69) is 10.4 Å². The van der Waals surface area contributed by atoms with Gasteiger partial charge in [0.2, 0.25) is 0 Å². The lowest BCUT2D eigenvalue weighted by molar-refractivity contribution is -0.139. The van der Waals surface area contributed by atoms with E-state index in [1.165, 1.54) is 40.4 Å². The van der Waals surface area contributed by atoms with Crippen molar-refractivity contribution in [2.75, 3.05) is 0 Å².